The Morgan fingerprint density at radius 1 is 1.06 bits per heavy atom. The van der Waals surface area contributed by atoms with Gasteiger partial charge in [0.15, 0.2) is 9.84 Å². The number of imide groups is 2. The number of carbonyl (C=O) groups is 4. The number of fused-ring (bicyclic) bond motifs is 2. The van der Waals surface area contributed by atoms with Crippen molar-refractivity contribution in [1.82, 2.24) is 15.1 Å². The van der Waals surface area contributed by atoms with Crippen molar-refractivity contribution in [3.05, 3.63) is 34.9 Å². The molecule has 0 aliphatic carbocycles. The summed E-state index contributed by atoms with van der Waals surface area (Å²) in [5.74, 6) is -2.23. The van der Waals surface area contributed by atoms with Crippen LogP contribution in [-0.2, 0) is 26.0 Å². The zero-order valence-corrected chi connectivity index (χ0v) is 17.4. The molecule has 1 unspecified atom stereocenters. The minimum atomic E-state index is -3.19. The summed E-state index contributed by atoms with van der Waals surface area (Å²) in [5.41, 5.74) is 7.23. The number of nitrogens with one attached hydrogen (secondary N) is 1. The number of piperidine rings is 1. The average Bonchev–Trinajstić information content (AvgIpc) is 3.29. The van der Waals surface area contributed by atoms with Crippen molar-refractivity contribution in [3.63, 3.8) is 0 Å². The highest BCUT2D eigenvalue weighted by Gasteiger charge is 2.50. The fourth-order valence-corrected chi connectivity index (χ4v) is 7.48. The van der Waals surface area contributed by atoms with E-state index in [2.05, 4.69) is 5.32 Å². The summed E-state index contributed by atoms with van der Waals surface area (Å²) in [6, 6.07) is 3.57. The maximum absolute atomic E-state index is 12.9. The Hall–Kier alpha value is -2.63. The van der Waals surface area contributed by atoms with Crippen LogP contribution in [0.2, 0.25) is 0 Å². The third-order valence-electron chi connectivity index (χ3n) is 6.73. The van der Waals surface area contributed by atoms with Crippen LogP contribution in [0.4, 0.5) is 0 Å². The predicted octanol–water partition coefficient (Wildman–Crippen LogP) is -1.36. The third-order valence-corrected chi connectivity index (χ3v) is 9.00. The van der Waals surface area contributed by atoms with Gasteiger partial charge >= 0.3 is 0 Å². The van der Waals surface area contributed by atoms with Crippen molar-refractivity contribution >= 4 is 33.5 Å². The van der Waals surface area contributed by atoms with Gasteiger partial charge in [-0.1, -0.05) is 6.07 Å². The van der Waals surface area contributed by atoms with E-state index >= 15 is 0 Å². The second-order valence-electron chi connectivity index (χ2n) is 8.72. The highest BCUT2D eigenvalue weighted by Crippen LogP contribution is 2.34. The molecular formula is C20H22N4O6S. The van der Waals surface area contributed by atoms with Gasteiger partial charge in [-0.2, -0.15) is 0 Å². The third kappa shape index (κ3) is 3.19. The Labute approximate surface area is 178 Å². The van der Waals surface area contributed by atoms with Gasteiger partial charge in [0.2, 0.25) is 11.8 Å². The lowest BCUT2D eigenvalue weighted by Gasteiger charge is -2.27. The van der Waals surface area contributed by atoms with E-state index < -0.39 is 44.8 Å². The molecule has 1 aromatic carbocycles. The minimum absolute atomic E-state index is 0.0296. The van der Waals surface area contributed by atoms with Gasteiger partial charge in [-0.15, -0.1) is 0 Å². The maximum Gasteiger partial charge on any atom is 0.262 e. The Morgan fingerprint density at radius 2 is 1.81 bits per heavy atom. The molecule has 1 aromatic rings. The van der Waals surface area contributed by atoms with Crippen LogP contribution >= 0.6 is 0 Å². The first-order chi connectivity index (χ1) is 14.7. The molecule has 0 radical (unpaired) electrons. The monoisotopic (exact) mass is 446 g/mol. The Kier molecular flexibility index (Phi) is 4.54. The highest BCUT2D eigenvalue weighted by molar-refractivity contribution is 7.92. The summed E-state index contributed by atoms with van der Waals surface area (Å²) in [6.45, 7) is 1.40. The zero-order chi connectivity index (χ0) is 22.1. The molecule has 4 aliphatic rings. The van der Waals surface area contributed by atoms with Gasteiger partial charge in [-0.3, -0.25) is 34.3 Å². The summed E-state index contributed by atoms with van der Waals surface area (Å²) >= 11 is 0. The van der Waals surface area contributed by atoms with Gasteiger partial charge < -0.3 is 5.73 Å². The molecule has 10 nitrogen and oxygen atoms in total. The average molecular weight is 446 g/mol. The molecular weight excluding hydrogens is 424 g/mol. The van der Waals surface area contributed by atoms with Crippen LogP contribution in [0, 0.1) is 5.92 Å². The van der Waals surface area contributed by atoms with Gasteiger partial charge in [0.1, 0.15) is 6.04 Å². The zero-order valence-electron chi connectivity index (χ0n) is 16.6. The van der Waals surface area contributed by atoms with Crippen molar-refractivity contribution in [1.29, 1.82) is 0 Å². The first kappa shape index (κ1) is 20.3. The fourth-order valence-electron chi connectivity index (χ4n) is 5.19. The number of benzene rings is 1. The summed E-state index contributed by atoms with van der Waals surface area (Å²) < 4.78 is 24.5. The van der Waals surface area contributed by atoms with Crippen molar-refractivity contribution in [2.45, 2.75) is 36.7 Å². The lowest BCUT2D eigenvalue weighted by atomic mass is 10.0. The number of carbonyl (C=O) groups excluding carboxylic acids is 4. The molecule has 3 fully saturated rings. The molecule has 4 atom stereocenters. The standard InChI is InChI=1S/C20H22N4O6S/c21-14-9-31(29,30)16-8-23(7-13(14)16)6-10-1-2-11-12(5-10)20(28)24(19(11)27)15-3-4-17(25)22-18(15)26/h1-2,5,13-16H,3-4,6-9,21H2,(H,22,25,26)/t13-,14+,15?,16-/m0/s1. The quantitative estimate of drug-likeness (QED) is 0.542. The molecule has 164 valence electrons. The fraction of sp³-hybridized carbons (Fsp3) is 0.500. The number of likely N-dealkylation sites (tertiary alicyclic amines) is 1. The van der Waals surface area contributed by atoms with Crippen LogP contribution < -0.4 is 11.1 Å². The van der Waals surface area contributed by atoms with E-state index in [1.165, 1.54) is 0 Å². The van der Waals surface area contributed by atoms with Crippen molar-refractivity contribution in [3.8, 4) is 0 Å². The molecule has 0 saturated carbocycles. The van der Waals surface area contributed by atoms with Gasteiger partial charge in [0.25, 0.3) is 11.8 Å². The van der Waals surface area contributed by atoms with Crippen LogP contribution in [0.5, 0.6) is 0 Å². The highest BCUT2D eigenvalue weighted by atomic mass is 32.2. The SMILES string of the molecule is N[C@@H]1CS(=O)(=O)[C@H]2CN(Cc3ccc4c(c3)C(=O)N(C3CCC(=O)NC3=O)C4=O)C[C@@H]12. The topological polar surface area (TPSA) is 147 Å². The molecule has 0 spiro atoms. The van der Waals surface area contributed by atoms with Crippen LogP contribution in [0.25, 0.3) is 0 Å². The number of sulfone groups is 1. The minimum Gasteiger partial charge on any atom is -0.326 e. The molecule has 4 amide bonds. The molecule has 4 aliphatic heterocycles. The van der Waals surface area contributed by atoms with E-state index in [9.17, 15) is 27.6 Å². The Bertz CT molecular complexity index is 1130. The van der Waals surface area contributed by atoms with Crippen LogP contribution in [0.15, 0.2) is 18.2 Å². The largest absolute Gasteiger partial charge is 0.326 e. The number of amides is 4. The van der Waals surface area contributed by atoms with Gasteiger partial charge in [0, 0.05) is 38.0 Å². The Balaban J connectivity index is 1.34. The van der Waals surface area contributed by atoms with E-state index in [0.717, 1.165) is 10.5 Å². The molecule has 0 aromatic heterocycles. The van der Waals surface area contributed by atoms with Gasteiger partial charge in [0.05, 0.1) is 22.1 Å². The van der Waals surface area contributed by atoms with E-state index in [-0.39, 0.29) is 41.7 Å². The number of rotatable bonds is 3. The number of nitrogens with two attached hydrogens (primary N) is 1. The van der Waals surface area contributed by atoms with Crippen molar-refractivity contribution in [2.75, 3.05) is 18.8 Å². The summed E-state index contributed by atoms with van der Waals surface area (Å²) in [6.07, 6.45) is 0.172. The van der Waals surface area contributed by atoms with Gasteiger partial charge in [-0.05, 0) is 24.1 Å². The second kappa shape index (κ2) is 6.94. The molecule has 5 rings (SSSR count). The lowest BCUT2D eigenvalue weighted by molar-refractivity contribution is -0.136. The summed E-state index contributed by atoms with van der Waals surface area (Å²) in [7, 11) is -3.19. The number of nitrogens with zero attached hydrogens (tertiary/aromatic N) is 2. The van der Waals surface area contributed by atoms with E-state index in [0.29, 0.717) is 19.6 Å². The molecule has 31 heavy (non-hydrogen) atoms. The first-order valence-corrected chi connectivity index (χ1v) is 11.9. The second-order valence-corrected chi connectivity index (χ2v) is 11.0. The number of hydrogen-bond acceptors (Lipinski definition) is 8. The maximum atomic E-state index is 12.9. The number of hydrogen-bond donors (Lipinski definition) is 2. The summed E-state index contributed by atoms with van der Waals surface area (Å²) in [4.78, 5) is 52.2. The van der Waals surface area contributed by atoms with Crippen LogP contribution in [0.1, 0.15) is 39.1 Å². The molecule has 11 heteroatoms. The first-order valence-electron chi connectivity index (χ1n) is 10.2. The van der Waals surface area contributed by atoms with Crippen molar-refractivity contribution in [2.24, 2.45) is 11.7 Å². The van der Waals surface area contributed by atoms with Crippen LogP contribution in [0.3, 0.4) is 0 Å². The van der Waals surface area contributed by atoms with E-state index in [4.69, 9.17) is 5.73 Å². The molecule has 4 heterocycles. The van der Waals surface area contributed by atoms with Gasteiger partial charge in [-0.25, -0.2) is 8.42 Å². The molecule has 3 N–H and O–H groups in total. The smallest absolute Gasteiger partial charge is 0.262 e. The summed E-state index contributed by atoms with van der Waals surface area (Å²) in [5, 5.41) is 1.72. The lowest BCUT2D eigenvalue weighted by Crippen LogP contribution is -2.54. The van der Waals surface area contributed by atoms with E-state index in [1.807, 2.05) is 4.90 Å². The molecule has 3 saturated heterocycles. The predicted molar refractivity (Wildman–Crippen MR) is 107 cm³/mol. The van der Waals surface area contributed by atoms with Crippen LogP contribution in [-0.4, -0.2) is 78.0 Å². The van der Waals surface area contributed by atoms with Crippen molar-refractivity contribution < 1.29 is 27.6 Å². The normalized spacial score (nSPS) is 32.4. The Morgan fingerprint density at radius 3 is 2.52 bits per heavy atom. The molecule has 0 bridgehead atoms. The van der Waals surface area contributed by atoms with E-state index in [1.54, 1.807) is 18.2 Å².